The highest BCUT2D eigenvalue weighted by atomic mass is 16.5. The first kappa shape index (κ1) is 21.0. The van der Waals surface area contributed by atoms with Gasteiger partial charge in [-0.25, -0.2) is 4.98 Å². The van der Waals surface area contributed by atoms with E-state index in [1.165, 1.54) is 24.8 Å². The van der Waals surface area contributed by atoms with Crippen LogP contribution in [-0.4, -0.2) is 45.2 Å². The van der Waals surface area contributed by atoms with Crippen LogP contribution in [0.4, 0.5) is 0 Å². The third-order valence-corrected chi connectivity index (χ3v) is 6.97. The van der Waals surface area contributed by atoms with Crippen molar-refractivity contribution in [1.29, 1.82) is 0 Å². The van der Waals surface area contributed by atoms with E-state index in [1.807, 2.05) is 17.0 Å². The summed E-state index contributed by atoms with van der Waals surface area (Å²) in [5.41, 5.74) is 3.14. The first-order valence-electron chi connectivity index (χ1n) is 12.1. The number of aromatic nitrogens is 3. The van der Waals surface area contributed by atoms with E-state index in [-0.39, 0.29) is 12.0 Å². The number of carbonyl (C=O) groups excluding carboxylic acids is 1. The molecule has 32 heavy (non-hydrogen) atoms. The van der Waals surface area contributed by atoms with Crippen LogP contribution in [0.5, 0.6) is 5.88 Å². The number of aryl methyl sites for hydroxylation is 1. The van der Waals surface area contributed by atoms with E-state index in [1.54, 1.807) is 6.20 Å². The lowest BCUT2D eigenvalue weighted by Gasteiger charge is -2.33. The van der Waals surface area contributed by atoms with Gasteiger partial charge in [0.25, 0.3) is 0 Å². The summed E-state index contributed by atoms with van der Waals surface area (Å²) < 4.78 is 6.29. The molecule has 3 heterocycles. The van der Waals surface area contributed by atoms with Crippen molar-refractivity contribution in [2.75, 3.05) is 13.1 Å². The standard InChI is InChI=1S/C26H32N4O2/c31-24(30-17-7-10-20(18-30)19-8-3-1-4-9-19)14-13-22-25-23(29-28-22)15-16-27-26(25)32-21-11-5-2-6-12-21/h1,3-4,8-9,15-16,20-21H,2,5-7,10-14,17-18H2,(H,28,29). The maximum Gasteiger partial charge on any atom is 0.225 e. The second-order valence-corrected chi connectivity index (χ2v) is 9.18. The number of fused-ring (bicyclic) bond motifs is 1. The van der Waals surface area contributed by atoms with Crippen LogP contribution in [0.1, 0.15) is 68.5 Å². The molecule has 1 amide bonds. The predicted octanol–water partition coefficient (Wildman–Crippen LogP) is 5.01. The summed E-state index contributed by atoms with van der Waals surface area (Å²) in [5, 5.41) is 8.55. The Morgan fingerprint density at radius 3 is 2.75 bits per heavy atom. The summed E-state index contributed by atoms with van der Waals surface area (Å²) in [6.07, 6.45) is 11.1. The van der Waals surface area contributed by atoms with Crippen molar-refractivity contribution in [1.82, 2.24) is 20.1 Å². The largest absolute Gasteiger partial charge is 0.474 e. The zero-order chi connectivity index (χ0) is 21.8. The van der Waals surface area contributed by atoms with Crippen LogP contribution in [0.2, 0.25) is 0 Å². The van der Waals surface area contributed by atoms with Gasteiger partial charge in [0.2, 0.25) is 11.8 Å². The maximum absolute atomic E-state index is 13.0. The summed E-state index contributed by atoms with van der Waals surface area (Å²) in [6.45, 7) is 1.66. The molecular weight excluding hydrogens is 400 g/mol. The van der Waals surface area contributed by atoms with Gasteiger partial charge >= 0.3 is 0 Å². The third kappa shape index (κ3) is 4.64. The van der Waals surface area contributed by atoms with Crippen LogP contribution in [0.3, 0.4) is 0 Å². The molecule has 1 saturated carbocycles. The summed E-state index contributed by atoms with van der Waals surface area (Å²) >= 11 is 0. The number of amides is 1. The molecule has 1 saturated heterocycles. The molecule has 0 bridgehead atoms. The van der Waals surface area contributed by atoms with Gasteiger partial charge in [0.15, 0.2) is 0 Å². The molecule has 1 aromatic carbocycles. The fraction of sp³-hybridized carbons (Fsp3) is 0.500. The third-order valence-electron chi connectivity index (χ3n) is 6.97. The number of rotatable bonds is 6. The zero-order valence-electron chi connectivity index (χ0n) is 18.6. The molecule has 1 aliphatic heterocycles. The molecule has 3 aromatic rings. The number of hydrogen-bond acceptors (Lipinski definition) is 4. The first-order chi connectivity index (χ1) is 15.8. The Labute approximate surface area is 189 Å². The minimum Gasteiger partial charge on any atom is -0.474 e. The highest BCUT2D eigenvalue weighted by Gasteiger charge is 2.25. The van der Waals surface area contributed by atoms with Crippen LogP contribution >= 0.6 is 0 Å². The molecule has 6 heteroatoms. The van der Waals surface area contributed by atoms with Gasteiger partial charge in [0.1, 0.15) is 6.10 Å². The highest BCUT2D eigenvalue weighted by Crippen LogP contribution is 2.30. The van der Waals surface area contributed by atoms with Crippen LogP contribution in [-0.2, 0) is 11.2 Å². The normalized spacial score (nSPS) is 19.9. The van der Waals surface area contributed by atoms with E-state index in [0.29, 0.717) is 24.6 Å². The Morgan fingerprint density at radius 1 is 1.06 bits per heavy atom. The van der Waals surface area contributed by atoms with Gasteiger partial charge in [0.05, 0.1) is 16.6 Å². The maximum atomic E-state index is 13.0. The number of nitrogens with one attached hydrogen (secondary N) is 1. The Hall–Kier alpha value is -2.89. The van der Waals surface area contributed by atoms with E-state index >= 15 is 0 Å². The molecule has 1 aliphatic carbocycles. The van der Waals surface area contributed by atoms with Gasteiger partial charge in [-0.2, -0.15) is 5.10 Å². The van der Waals surface area contributed by atoms with Crippen LogP contribution in [0.15, 0.2) is 42.6 Å². The number of benzene rings is 1. The van der Waals surface area contributed by atoms with Crippen LogP contribution in [0.25, 0.3) is 10.9 Å². The van der Waals surface area contributed by atoms with E-state index in [0.717, 1.165) is 55.4 Å². The van der Waals surface area contributed by atoms with E-state index in [9.17, 15) is 4.79 Å². The van der Waals surface area contributed by atoms with Crippen LogP contribution in [0, 0.1) is 0 Å². The molecular formula is C26H32N4O2. The SMILES string of the molecule is O=C(CCc1n[nH]c2ccnc(OC3CCCCC3)c12)N1CCCC(c2ccccc2)C1. The van der Waals surface area contributed by atoms with E-state index in [4.69, 9.17) is 4.74 Å². The molecule has 2 aliphatic rings. The van der Waals surface area contributed by atoms with E-state index in [2.05, 4.69) is 39.4 Å². The molecule has 1 N–H and O–H groups in total. The number of pyridine rings is 1. The molecule has 6 nitrogen and oxygen atoms in total. The number of hydrogen-bond donors (Lipinski definition) is 1. The second kappa shape index (κ2) is 9.72. The smallest absolute Gasteiger partial charge is 0.225 e. The monoisotopic (exact) mass is 432 g/mol. The minimum atomic E-state index is 0.209. The van der Waals surface area contributed by atoms with Crippen molar-refractivity contribution in [2.45, 2.75) is 69.8 Å². The summed E-state index contributed by atoms with van der Waals surface area (Å²) in [7, 11) is 0. The zero-order valence-corrected chi connectivity index (χ0v) is 18.6. The predicted molar refractivity (Wildman–Crippen MR) is 125 cm³/mol. The molecule has 0 radical (unpaired) electrons. The van der Waals surface area contributed by atoms with Gasteiger partial charge in [-0.15, -0.1) is 0 Å². The minimum absolute atomic E-state index is 0.209. The highest BCUT2D eigenvalue weighted by molar-refractivity contribution is 5.86. The topological polar surface area (TPSA) is 71.1 Å². The molecule has 5 rings (SSSR count). The molecule has 1 atom stereocenters. The van der Waals surface area contributed by atoms with Crippen molar-refractivity contribution >= 4 is 16.8 Å². The van der Waals surface area contributed by atoms with E-state index < -0.39 is 0 Å². The molecule has 1 unspecified atom stereocenters. The van der Waals surface area contributed by atoms with Gasteiger partial charge < -0.3 is 9.64 Å². The summed E-state index contributed by atoms with van der Waals surface area (Å²) in [5.74, 6) is 1.30. The fourth-order valence-electron chi connectivity index (χ4n) is 5.19. The van der Waals surface area contributed by atoms with Gasteiger partial charge in [-0.05, 0) is 50.2 Å². The lowest BCUT2D eigenvalue weighted by atomic mass is 9.90. The number of likely N-dealkylation sites (tertiary alicyclic amines) is 1. The Balaban J connectivity index is 1.25. The van der Waals surface area contributed by atoms with Crippen molar-refractivity contribution in [3.63, 3.8) is 0 Å². The number of carbonyl (C=O) groups is 1. The molecule has 0 spiro atoms. The lowest BCUT2D eigenvalue weighted by Crippen LogP contribution is -2.39. The quantitative estimate of drug-likeness (QED) is 0.594. The number of H-pyrrole nitrogens is 1. The average molecular weight is 433 g/mol. The number of aromatic amines is 1. The summed E-state index contributed by atoms with van der Waals surface area (Å²) in [6, 6.07) is 12.5. The Kier molecular flexibility index (Phi) is 6.37. The summed E-state index contributed by atoms with van der Waals surface area (Å²) in [4.78, 5) is 19.6. The molecule has 2 fully saturated rings. The van der Waals surface area contributed by atoms with Crippen molar-refractivity contribution < 1.29 is 9.53 Å². The van der Waals surface area contributed by atoms with Gasteiger partial charge in [0, 0.05) is 38.0 Å². The fourth-order valence-corrected chi connectivity index (χ4v) is 5.19. The molecule has 2 aromatic heterocycles. The van der Waals surface area contributed by atoms with Crippen molar-refractivity contribution in [3.05, 3.63) is 53.9 Å². The molecule has 168 valence electrons. The Morgan fingerprint density at radius 2 is 1.91 bits per heavy atom. The van der Waals surface area contributed by atoms with Gasteiger partial charge in [-0.1, -0.05) is 36.8 Å². The number of piperidine rings is 1. The lowest BCUT2D eigenvalue weighted by molar-refractivity contribution is -0.132. The van der Waals surface area contributed by atoms with Crippen molar-refractivity contribution in [3.8, 4) is 5.88 Å². The number of nitrogens with zero attached hydrogens (tertiary/aromatic N) is 3. The van der Waals surface area contributed by atoms with Gasteiger partial charge in [-0.3, -0.25) is 9.89 Å². The Bertz CT molecular complexity index is 1040. The average Bonchev–Trinajstić information content (AvgIpc) is 3.28. The number of ether oxygens (including phenoxy) is 1. The van der Waals surface area contributed by atoms with Crippen LogP contribution < -0.4 is 4.74 Å². The van der Waals surface area contributed by atoms with Crippen molar-refractivity contribution in [2.24, 2.45) is 0 Å². The first-order valence-corrected chi connectivity index (χ1v) is 12.1. The second-order valence-electron chi connectivity index (χ2n) is 9.18.